The molecule has 1 aliphatic rings. The van der Waals surface area contributed by atoms with Crippen molar-refractivity contribution in [2.24, 2.45) is 7.05 Å². The van der Waals surface area contributed by atoms with Crippen LogP contribution in [-0.2, 0) is 45.0 Å². The van der Waals surface area contributed by atoms with Crippen LogP contribution in [-0.4, -0.2) is 49.7 Å². The number of rotatable bonds is 7. The van der Waals surface area contributed by atoms with Crippen LogP contribution >= 0.6 is 0 Å². The highest BCUT2D eigenvalue weighted by Gasteiger charge is 2.28. The minimum absolute atomic E-state index is 0.155. The molecule has 1 aromatic carbocycles. The molecule has 158 valence electrons. The summed E-state index contributed by atoms with van der Waals surface area (Å²) in [5, 5.41) is -0.155. The minimum Gasteiger partial charge on any atom is -0.337 e. The van der Waals surface area contributed by atoms with E-state index in [0.29, 0.717) is 12.2 Å². The van der Waals surface area contributed by atoms with Crippen molar-refractivity contribution in [3.05, 3.63) is 47.4 Å². The zero-order valence-electron chi connectivity index (χ0n) is 16.1. The van der Waals surface area contributed by atoms with Crippen molar-refractivity contribution < 1.29 is 21.6 Å². The lowest BCUT2D eigenvalue weighted by Crippen LogP contribution is -2.46. The summed E-state index contributed by atoms with van der Waals surface area (Å²) in [6, 6.07) is 7.54. The van der Waals surface area contributed by atoms with Crippen molar-refractivity contribution in [1.82, 2.24) is 23.3 Å². The molecule has 0 bridgehead atoms. The third-order valence-corrected chi connectivity index (χ3v) is 7.49. The lowest BCUT2D eigenvalue weighted by atomic mass is 10.0. The third kappa shape index (κ3) is 5.01. The summed E-state index contributed by atoms with van der Waals surface area (Å²) in [4.78, 5) is 16.0. The second-order valence-electron chi connectivity index (χ2n) is 6.77. The van der Waals surface area contributed by atoms with E-state index in [1.54, 1.807) is 18.5 Å². The van der Waals surface area contributed by atoms with E-state index in [9.17, 15) is 21.6 Å². The van der Waals surface area contributed by atoms with E-state index in [-0.39, 0.29) is 31.1 Å². The van der Waals surface area contributed by atoms with Crippen molar-refractivity contribution in [2.45, 2.75) is 31.3 Å². The molecule has 0 aliphatic carbocycles. The summed E-state index contributed by atoms with van der Waals surface area (Å²) < 4.78 is 56.3. The lowest BCUT2D eigenvalue weighted by Gasteiger charge is -2.27. The van der Waals surface area contributed by atoms with Gasteiger partial charge in [-0.1, -0.05) is 24.3 Å². The Hall–Kier alpha value is -2.28. The predicted molar refractivity (Wildman–Crippen MR) is 105 cm³/mol. The number of carbonyl (C=O) groups excluding carboxylic acids is 1. The van der Waals surface area contributed by atoms with Gasteiger partial charge in [-0.15, -0.1) is 0 Å². The summed E-state index contributed by atoms with van der Waals surface area (Å²) in [5.74, 6) is -0.263. The summed E-state index contributed by atoms with van der Waals surface area (Å²) in [6.45, 7) is 1.87. The van der Waals surface area contributed by atoms with E-state index in [2.05, 4.69) is 9.71 Å². The van der Waals surface area contributed by atoms with E-state index in [1.807, 2.05) is 29.0 Å². The molecule has 29 heavy (non-hydrogen) atoms. The highest BCUT2D eigenvalue weighted by Crippen LogP contribution is 2.20. The molecule has 2 aromatic rings. The van der Waals surface area contributed by atoms with E-state index in [0.717, 1.165) is 11.1 Å². The molecular formula is C17H23N5O5S2. The molecule has 0 spiro atoms. The number of aromatic nitrogens is 2. The Kier molecular flexibility index (Phi) is 6.08. The van der Waals surface area contributed by atoms with Gasteiger partial charge in [-0.2, -0.15) is 12.7 Å². The molecule has 2 heterocycles. The molecule has 0 saturated carbocycles. The van der Waals surface area contributed by atoms with Gasteiger partial charge in [0.25, 0.3) is 10.0 Å². The number of imidazole rings is 1. The zero-order chi connectivity index (χ0) is 21.2. The zero-order valence-corrected chi connectivity index (χ0v) is 17.8. The minimum atomic E-state index is -4.00. The van der Waals surface area contributed by atoms with Crippen molar-refractivity contribution in [3.8, 4) is 0 Å². The number of benzene rings is 1. The number of nitrogens with zero attached hydrogens (tertiary/aromatic N) is 3. The van der Waals surface area contributed by atoms with Crippen LogP contribution in [0.15, 0.2) is 35.5 Å². The quantitative estimate of drug-likeness (QED) is 0.613. The summed E-state index contributed by atoms with van der Waals surface area (Å²) in [7, 11) is -6.22. The molecule has 0 fully saturated rings. The smallest absolute Gasteiger partial charge is 0.304 e. The standard InChI is InChI=1S/C17H23N5O5S2/c1-13-19-17(12-21(13)2)28(24,25)18-9-7-16(23)20-29(26,27)22-10-8-14-5-3-4-6-15(14)11-22/h3-6,12,18H,7-11H2,1-2H3,(H,20,23). The highest BCUT2D eigenvalue weighted by atomic mass is 32.2. The number of nitrogens with one attached hydrogen (secondary N) is 2. The first-order chi connectivity index (χ1) is 13.6. The Labute approximate surface area is 170 Å². The van der Waals surface area contributed by atoms with Gasteiger partial charge in [0, 0.05) is 39.3 Å². The van der Waals surface area contributed by atoms with Crippen LogP contribution in [0.4, 0.5) is 0 Å². The van der Waals surface area contributed by atoms with Gasteiger partial charge >= 0.3 is 10.2 Å². The van der Waals surface area contributed by atoms with Crippen molar-refractivity contribution in [3.63, 3.8) is 0 Å². The average molecular weight is 442 g/mol. The van der Waals surface area contributed by atoms with Crippen LogP contribution in [0.25, 0.3) is 0 Å². The van der Waals surface area contributed by atoms with Gasteiger partial charge in [0.2, 0.25) is 5.91 Å². The molecule has 0 atom stereocenters. The van der Waals surface area contributed by atoms with E-state index in [4.69, 9.17) is 0 Å². The Morgan fingerprint density at radius 3 is 2.52 bits per heavy atom. The first-order valence-corrected chi connectivity index (χ1v) is 11.9. The van der Waals surface area contributed by atoms with Crippen LogP contribution in [0.1, 0.15) is 23.4 Å². The second-order valence-corrected chi connectivity index (χ2v) is 10.2. The molecule has 0 radical (unpaired) electrons. The Bertz CT molecular complexity index is 1110. The summed E-state index contributed by atoms with van der Waals surface area (Å²) >= 11 is 0. The fourth-order valence-electron chi connectivity index (χ4n) is 2.96. The molecule has 1 amide bonds. The molecule has 0 saturated heterocycles. The second kappa shape index (κ2) is 8.22. The number of carbonyl (C=O) groups is 1. The molecule has 12 heteroatoms. The lowest BCUT2D eigenvalue weighted by molar-refractivity contribution is -0.119. The maximum Gasteiger partial charge on any atom is 0.304 e. The summed E-state index contributed by atoms with van der Waals surface area (Å²) in [6.07, 6.45) is 1.60. The van der Waals surface area contributed by atoms with Crippen LogP contribution in [0.3, 0.4) is 0 Å². The van der Waals surface area contributed by atoms with Gasteiger partial charge in [0.15, 0.2) is 5.03 Å². The van der Waals surface area contributed by atoms with Crippen LogP contribution in [0.5, 0.6) is 0 Å². The number of hydrogen-bond acceptors (Lipinski definition) is 6. The van der Waals surface area contributed by atoms with Gasteiger partial charge in [-0.3, -0.25) is 4.79 Å². The first-order valence-electron chi connectivity index (χ1n) is 8.95. The van der Waals surface area contributed by atoms with Gasteiger partial charge in [-0.05, 0) is 24.5 Å². The number of hydrogen-bond donors (Lipinski definition) is 2. The van der Waals surface area contributed by atoms with Gasteiger partial charge in [0.1, 0.15) is 5.82 Å². The van der Waals surface area contributed by atoms with E-state index >= 15 is 0 Å². The maximum atomic E-state index is 12.5. The Morgan fingerprint density at radius 2 is 1.86 bits per heavy atom. The van der Waals surface area contributed by atoms with Crippen molar-refractivity contribution >= 4 is 26.1 Å². The number of fused-ring (bicyclic) bond motifs is 1. The molecule has 0 unspecified atom stereocenters. The van der Waals surface area contributed by atoms with Gasteiger partial charge in [-0.25, -0.2) is 22.8 Å². The molecule has 2 N–H and O–H groups in total. The molecule has 1 aromatic heterocycles. The molecule has 3 rings (SSSR count). The van der Waals surface area contributed by atoms with Crippen molar-refractivity contribution in [1.29, 1.82) is 0 Å². The SMILES string of the molecule is Cc1nc(S(=O)(=O)NCCC(=O)NS(=O)(=O)N2CCc3ccccc3C2)cn1C. The van der Waals surface area contributed by atoms with Crippen LogP contribution in [0, 0.1) is 6.92 Å². The topological polar surface area (TPSA) is 130 Å². The Morgan fingerprint density at radius 1 is 1.17 bits per heavy atom. The Balaban J connectivity index is 1.54. The number of sulfonamides is 1. The van der Waals surface area contributed by atoms with Crippen LogP contribution < -0.4 is 9.44 Å². The van der Waals surface area contributed by atoms with Crippen LogP contribution in [0.2, 0.25) is 0 Å². The van der Waals surface area contributed by atoms with Gasteiger partial charge in [0.05, 0.1) is 0 Å². The predicted octanol–water partition coefficient (Wildman–Crippen LogP) is -0.184. The average Bonchev–Trinajstić information content (AvgIpc) is 3.00. The normalized spacial score (nSPS) is 15.1. The highest BCUT2D eigenvalue weighted by molar-refractivity contribution is 7.89. The molecule has 10 nitrogen and oxygen atoms in total. The fraction of sp³-hybridized carbons (Fsp3) is 0.412. The summed E-state index contributed by atoms with van der Waals surface area (Å²) in [5.41, 5.74) is 1.99. The monoisotopic (exact) mass is 441 g/mol. The number of amides is 1. The number of aryl methyl sites for hydroxylation is 2. The third-order valence-electron chi connectivity index (χ3n) is 4.68. The van der Waals surface area contributed by atoms with E-state index < -0.39 is 26.1 Å². The first kappa shape index (κ1) is 21.4. The maximum absolute atomic E-state index is 12.5. The molecular weight excluding hydrogens is 418 g/mol. The van der Waals surface area contributed by atoms with Gasteiger partial charge < -0.3 is 4.57 Å². The van der Waals surface area contributed by atoms with Crippen molar-refractivity contribution in [2.75, 3.05) is 13.1 Å². The fourth-order valence-corrected chi connectivity index (χ4v) is 5.19. The van der Waals surface area contributed by atoms with E-state index in [1.165, 1.54) is 10.5 Å². The molecule has 1 aliphatic heterocycles. The largest absolute Gasteiger partial charge is 0.337 e.